The van der Waals surface area contributed by atoms with Crippen LogP contribution in [0.3, 0.4) is 0 Å². The fourth-order valence-electron chi connectivity index (χ4n) is 3.88. The van der Waals surface area contributed by atoms with Crippen LogP contribution in [0.4, 0.5) is 13.2 Å². The lowest BCUT2D eigenvalue weighted by molar-refractivity contribution is -0.137. The molecule has 0 aromatic heterocycles. The van der Waals surface area contributed by atoms with Gasteiger partial charge in [-0.15, -0.1) is 0 Å². The van der Waals surface area contributed by atoms with E-state index in [1.165, 1.54) is 29.0 Å². The Morgan fingerprint density at radius 1 is 0.931 bits per heavy atom. The van der Waals surface area contributed by atoms with Crippen molar-refractivity contribution in [1.82, 2.24) is 10.2 Å². The van der Waals surface area contributed by atoms with Gasteiger partial charge < -0.3 is 5.32 Å². The third kappa shape index (κ3) is 5.07. The molecule has 3 nitrogen and oxygen atoms in total. The normalized spacial score (nSPS) is 18.0. The molecule has 0 bridgehead atoms. The summed E-state index contributed by atoms with van der Waals surface area (Å²) in [4.78, 5) is 7.05. The van der Waals surface area contributed by atoms with Crippen LogP contribution in [0.1, 0.15) is 29.5 Å². The molecule has 4 rings (SSSR count). The Hall–Kier alpha value is -2.60. The van der Waals surface area contributed by atoms with Gasteiger partial charge in [0.15, 0.2) is 0 Å². The summed E-state index contributed by atoms with van der Waals surface area (Å²) in [5.41, 5.74) is 3.82. The zero-order valence-corrected chi connectivity index (χ0v) is 16.2. The lowest BCUT2D eigenvalue weighted by atomic mass is 10.0. The van der Waals surface area contributed by atoms with Crippen molar-refractivity contribution >= 4 is 5.84 Å². The average Bonchev–Trinajstić information content (AvgIpc) is 2.91. The van der Waals surface area contributed by atoms with Crippen molar-refractivity contribution in [2.24, 2.45) is 4.99 Å². The third-order valence-corrected chi connectivity index (χ3v) is 5.47. The van der Waals surface area contributed by atoms with Crippen LogP contribution in [0, 0.1) is 0 Å². The molecule has 0 amide bonds. The molecule has 2 aromatic carbocycles. The Balaban J connectivity index is 1.37. The number of aliphatic imine (C=N–C) groups is 1. The Morgan fingerprint density at radius 3 is 2.48 bits per heavy atom. The summed E-state index contributed by atoms with van der Waals surface area (Å²) in [6.07, 6.45) is -2.06. The van der Waals surface area contributed by atoms with Crippen LogP contribution in [0.25, 0.3) is 0 Å². The minimum atomic E-state index is -4.32. The van der Waals surface area contributed by atoms with Crippen LogP contribution in [-0.2, 0) is 19.1 Å². The number of hydrogen-bond acceptors (Lipinski definition) is 3. The van der Waals surface area contributed by atoms with Crippen molar-refractivity contribution in [2.45, 2.75) is 32.0 Å². The van der Waals surface area contributed by atoms with Crippen molar-refractivity contribution in [3.05, 3.63) is 82.6 Å². The molecule has 6 heteroatoms. The molecular weight excluding hydrogens is 375 g/mol. The molecule has 2 aromatic rings. The van der Waals surface area contributed by atoms with Gasteiger partial charge in [0.1, 0.15) is 5.84 Å². The maximum atomic E-state index is 12.9. The standard InChI is InChI=1S/C23H24F3N3/c24-23(25,26)20-8-4-7-18(13-20)14-22-27-15-19-9-11-29(12-10-21(19)28-22)16-17-5-2-1-3-6-17/h1-8,13H,9-12,14-16H2,(H,27,28). The monoisotopic (exact) mass is 399 g/mol. The first-order chi connectivity index (χ1) is 14.0. The number of hydrogen-bond donors (Lipinski definition) is 1. The van der Waals surface area contributed by atoms with Gasteiger partial charge in [-0.3, -0.25) is 9.89 Å². The predicted molar refractivity (Wildman–Crippen MR) is 109 cm³/mol. The first-order valence-electron chi connectivity index (χ1n) is 9.91. The molecule has 2 aliphatic heterocycles. The topological polar surface area (TPSA) is 27.6 Å². The molecule has 0 spiro atoms. The first kappa shape index (κ1) is 19.7. The highest BCUT2D eigenvalue weighted by atomic mass is 19.4. The maximum absolute atomic E-state index is 12.9. The second-order valence-corrected chi connectivity index (χ2v) is 7.61. The van der Waals surface area contributed by atoms with Gasteiger partial charge in [-0.05, 0) is 29.2 Å². The summed E-state index contributed by atoms with van der Waals surface area (Å²) >= 11 is 0. The highest BCUT2D eigenvalue weighted by molar-refractivity contribution is 5.87. The molecule has 0 radical (unpaired) electrons. The number of halogens is 3. The molecule has 0 saturated carbocycles. The zero-order chi connectivity index (χ0) is 20.3. The number of nitrogens with one attached hydrogen (secondary N) is 1. The predicted octanol–water partition coefficient (Wildman–Crippen LogP) is 4.80. The summed E-state index contributed by atoms with van der Waals surface area (Å²) < 4.78 is 38.8. The Kier molecular flexibility index (Phi) is 5.72. The van der Waals surface area contributed by atoms with Gasteiger partial charge in [0.25, 0.3) is 0 Å². The largest absolute Gasteiger partial charge is 0.416 e. The van der Waals surface area contributed by atoms with Crippen LogP contribution < -0.4 is 5.32 Å². The van der Waals surface area contributed by atoms with Gasteiger partial charge in [-0.2, -0.15) is 13.2 Å². The Labute approximate surface area is 169 Å². The van der Waals surface area contributed by atoms with Crippen molar-refractivity contribution in [2.75, 3.05) is 19.6 Å². The van der Waals surface area contributed by atoms with Gasteiger partial charge in [0, 0.05) is 38.2 Å². The van der Waals surface area contributed by atoms with E-state index >= 15 is 0 Å². The fourth-order valence-corrected chi connectivity index (χ4v) is 3.88. The maximum Gasteiger partial charge on any atom is 0.416 e. The molecular formula is C23H24F3N3. The van der Waals surface area contributed by atoms with E-state index in [4.69, 9.17) is 0 Å². The van der Waals surface area contributed by atoms with Gasteiger partial charge >= 0.3 is 6.18 Å². The summed E-state index contributed by atoms with van der Waals surface area (Å²) in [5.74, 6) is 0.750. The van der Waals surface area contributed by atoms with E-state index in [2.05, 4.69) is 39.5 Å². The van der Waals surface area contributed by atoms with Crippen LogP contribution in [-0.4, -0.2) is 30.4 Å². The highest BCUT2D eigenvalue weighted by Crippen LogP contribution is 2.30. The minimum Gasteiger partial charge on any atom is -0.347 e. The average molecular weight is 399 g/mol. The zero-order valence-electron chi connectivity index (χ0n) is 16.2. The van der Waals surface area contributed by atoms with E-state index in [0.717, 1.165) is 44.4 Å². The fraction of sp³-hybridized carbons (Fsp3) is 0.348. The SMILES string of the molecule is FC(F)(F)c1cccc(CC2=NCC3=C(CCN(Cc4ccccc4)CC3)N2)c1. The molecule has 1 N–H and O–H groups in total. The van der Waals surface area contributed by atoms with E-state index in [1.807, 2.05) is 6.07 Å². The number of amidine groups is 1. The molecule has 0 unspecified atom stereocenters. The first-order valence-corrected chi connectivity index (χ1v) is 9.91. The van der Waals surface area contributed by atoms with Gasteiger partial charge in [-0.25, -0.2) is 0 Å². The van der Waals surface area contributed by atoms with Crippen molar-refractivity contribution in [3.8, 4) is 0 Å². The molecule has 152 valence electrons. The number of alkyl halides is 3. The summed E-state index contributed by atoms with van der Waals surface area (Å²) in [6, 6.07) is 15.9. The summed E-state index contributed by atoms with van der Waals surface area (Å²) in [7, 11) is 0. The van der Waals surface area contributed by atoms with E-state index in [0.29, 0.717) is 18.5 Å². The Bertz CT molecular complexity index is 916. The smallest absolute Gasteiger partial charge is 0.347 e. The quantitative estimate of drug-likeness (QED) is 0.800. The Morgan fingerprint density at radius 2 is 1.69 bits per heavy atom. The molecule has 0 aliphatic carbocycles. The van der Waals surface area contributed by atoms with Crippen LogP contribution in [0.5, 0.6) is 0 Å². The molecule has 2 heterocycles. The van der Waals surface area contributed by atoms with Crippen LogP contribution >= 0.6 is 0 Å². The minimum absolute atomic E-state index is 0.383. The second kappa shape index (κ2) is 8.41. The molecule has 0 saturated heterocycles. The highest BCUT2D eigenvalue weighted by Gasteiger charge is 2.30. The van der Waals surface area contributed by atoms with Gasteiger partial charge in [0.2, 0.25) is 0 Å². The lowest BCUT2D eigenvalue weighted by Crippen LogP contribution is -2.31. The van der Waals surface area contributed by atoms with Gasteiger partial charge in [-0.1, -0.05) is 48.5 Å². The molecule has 0 fully saturated rings. The van der Waals surface area contributed by atoms with E-state index in [9.17, 15) is 13.2 Å². The van der Waals surface area contributed by atoms with Crippen molar-refractivity contribution in [1.29, 1.82) is 0 Å². The van der Waals surface area contributed by atoms with Crippen molar-refractivity contribution < 1.29 is 13.2 Å². The number of benzene rings is 2. The lowest BCUT2D eigenvalue weighted by Gasteiger charge is -2.21. The van der Waals surface area contributed by atoms with E-state index < -0.39 is 11.7 Å². The summed E-state index contributed by atoms with van der Waals surface area (Å²) in [5, 5.41) is 3.41. The second-order valence-electron chi connectivity index (χ2n) is 7.61. The number of nitrogens with zero attached hydrogens (tertiary/aromatic N) is 2. The van der Waals surface area contributed by atoms with Crippen LogP contribution in [0.2, 0.25) is 0 Å². The van der Waals surface area contributed by atoms with Crippen molar-refractivity contribution in [3.63, 3.8) is 0 Å². The van der Waals surface area contributed by atoms with Crippen LogP contribution in [0.15, 0.2) is 70.9 Å². The summed E-state index contributed by atoms with van der Waals surface area (Å²) in [6.45, 7) is 3.51. The molecule has 29 heavy (non-hydrogen) atoms. The van der Waals surface area contributed by atoms with E-state index in [1.54, 1.807) is 6.07 Å². The van der Waals surface area contributed by atoms with E-state index in [-0.39, 0.29) is 0 Å². The number of rotatable bonds is 4. The van der Waals surface area contributed by atoms with Gasteiger partial charge in [0.05, 0.1) is 12.1 Å². The molecule has 0 atom stereocenters. The third-order valence-electron chi connectivity index (χ3n) is 5.47. The molecule has 2 aliphatic rings.